The minimum absolute atomic E-state index is 0.0400. The maximum atomic E-state index is 11.4. The van der Waals surface area contributed by atoms with Crippen LogP contribution in [-0.4, -0.2) is 35.9 Å². The van der Waals surface area contributed by atoms with E-state index >= 15 is 0 Å². The van der Waals surface area contributed by atoms with Crippen LogP contribution in [0.3, 0.4) is 0 Å². The molecule has 0 amide bonds. The standard InChI is InChI=1S/C16H18O6/c1-10(17)21-9-15-16(22-11(2)18)13(7-8-20-15)12-5-3-4-6-14(12)19/h3-8,13,15-16,19H,9H2,1-2H3/t13-,15+,16-/m0/s1. The Bertz CT molecular complexity index is 580. The number of carbonyl (C=O) groups excluding carboxylic acids is 2. The predicted molar refractivity (Wildman–Crippen MR) is 77.0 cm³/mol. The molecular formula is C16H18O6. The van der Waals surface area contributed by atoms with Crippen LogP contribution in [0.15, 0.2) is 36.6 Å². The Morgan fingerprint density at radius 2 is 1.95 bits per heavy atom. The summed E-state index contributed by atoms with van der Waals surface area (Å²) in [6.07, 6.45) is 1.83. The number of rotatable bonds is 4. The molecule has 0 unspecified atom stereocenters. The zero-order valence-corrected chi connectivity index (χ0v) is 12.4. The highest BCUT2D eigenvalue weighted by molar-refractivity contribution is 5.67. The lowest BCUT2D eigenvalue weighted by Gasteiger charge is -2.34. The smallest absolute Gasteiger partial charge is 0.303 e. The van der Waals surface area contributed by atoms with Crippen molar-refractivity contribution in [2.24, 2.45) is 0 Å². The Kier molecular flexibility index (Phi) is 5.04. The number of para-hydroxylation sites is 1. The molecule has 0 saturated carbocycles. The number of esters is 2. The number of carbonyl (C=O) groups is 2. The van der Waals surface area contributed by atoms with Crippen LogP contribution in [0.5, 0.6) is 5.75 Å². The van der Waals surface area contributed by atoms with Crippen LogP contribution in [0.4, 0.5) is 0 Å². The molecule has 3 atom stereocenters. The molecule has 1 aromatic carbocycles. The number of aromatic hydroxyl groups is 1. The molecule has 1 heterocycles. The first kappa shape index (κ1) is 15.9. The highest BCUT2D eigenvalue weighted by Crippen LogP contribution is 2.35. The molecule has 22 heavy (non-hydrogen) atoms. The van der Waals surface area contributed by atoms with Gasteiger partial charge in [-0.2, -0.15) is 0 Å². The molecule has 0 radical (unpaired) electrons. The highest BCUT2D eigenvalue weighted by atomic mass is 16.6. The summed E-state index contributed by atoms with van der Waals surface area (Å²) in [5, 5.41) is 10.0. The molecule has 118 valence electrons. The van der Waals surface area contributed by atoms with E-state index < -0.39 is 24.1 Å². The molecule has 1 aliphatic rings. The molecule has 1 aromatic rings. The van der Waals surface area contributed by atoms with Crippen molar-refractivity contribution in [1.29, 1.82) is 0 Å². The van der Waals surface area contributed by atoms with Crippen LogP contribution in [0.1, 0.15) is 25.3 Å². The van der Waals surface area contributed by atoms with Gasteiger partial charge in [-0.25, -0.2) is 0 Å². The molecular weight excluding hydrogens is 288 g/mol. The molecule has 0 fully saturated rings. The van der Waals surface area contributed by atoms with E-state index in [0.29, 0.717) is 5.56 Å². The van der Waals surface area contributed by atoms with E-state index in [4.69, 9.17) is 14.2 Å². The van der Waals surface area contributed by atoms with Gasteiger partial charge < -0.3 is 19.3 Å². The highest BCUT2D eigenvalue weighted by Gasteiger charge is 2.37. The number of ether oxygens (including phenoxy) is 3. The molecule has 0 spiro atoms. The van der Waals surface area contributed by atoms with Crippen LogP contribution in [0.25, 0.3) is 0 Å². The Hall–Kier alpha value is -2.50. The fraction of sp³-hybridized carbons (Fsp3) is 0.375. The zero-order valence-electron chi connectivity index (χ0n) is 12.4. The van der Waals surface area contributed by atoms with Crippen LogP contribution in [-0.2, 0) is 23.8 Å². The molecule has 1 aliphatic heterocycles. The fourth-order valence-electron chi connectivity index (χ4n) is 2.37. The number of benzene rings is 1. The second-order valence-electron chi connectivity index (χ2n) is 4.96. The van der Waals surface area contributed by atoms with Gasteiger partial charge in [-0.15, -0.1) is 0 Å². The average molecular weight is 306 g/mol. The van der Waals surface area contributed by atoms with Crippen molar-refractivity contribution < 1.29 is 28.9 Å². The molecule has 0 aliphatic carbocycles. The molecule has 0 saturated heterocycles. The summed E-state index contributed by atoms with van der Waals surface area (Å²) in [6.45, 7) is 2.55. The van der Waals surface area contributed by atoms with Crippen molar-refractivity contribution in [3.63, 3.8) is 0 Å². The third-order valence-corrected chi connectivity index (χ3v) is 3.31. The largest absolute Gasteiger partial charge is 0.508 e. The van der Waals surface area contributed by atoms with Crippen LogP contribution in [0.2, 0.25) is 0 Å². The van der Waals surface area contributed by atoms with Crippen molar-refractivity contribution >= 4 is 11.9 Å². The van der Waals surface area contributed by atoms with Gasteiger partial charge in [0, 0.05) is 25.3 Å². The average Bonchev–Trinajstić information content (AvgIpc) is 2.46. The SMILES string of the molecule is CC(=O)OC[C@H]1OC=C[C@@H](c2ccccc2O)[C@@H]1OC(C)=O. The second kappa shape index (κ2) is 6.98. The van der Waals surface area contributed by atoms with E-state index in [1.807, 2.05) is 0 Å². The minimum Gasteiger partial charge on any atom is -0.508 e. The number of hydrogen-bond donors (Lipinski definition) is 1. The molecule has 1 N–H and O–H groups in total. The summed E-state index contributed by atoms with van der Waals surface area (Å²) in [4.78, 5) is 22.4. The van der Waals surface area contributed by atoms with Crippen LogP contribution < -0.4 is 0 Å². The van der Waals surface area contributed by atoms with E-state index in [1.54, 1.807) is 30.3 Å². The van der Waals surface area contributed by atoms with Crippen molar-refractivity contribution in [3.05, 3.63) is 42.2 Å². The first-order valence-corrected chi connectivity index (χ1v) is 6.89. The van der Waals surface area contributed by atoms with E-state index in [0.717, 1.165) is 0 Å². The quantitative estimate of drug-likeness (QED) is 0.855. The molecule has 0 bridgehead atoms. The predicted octanol–water partition coefficient (Wildman–Crippen LogP) is 1.88. The second-order valence-corrected chi connectivity index (χ2v) is 4.96. The van der Waals surface area contributed by atoms with Gasteiger partial charge in [-0.05, 0) is 12.1 Å². The first-order chi connectivity index (χ1) is 10.5. The number of phenolic OH excluding ortho intramolecular Hbond substituents is 1. The normalized spacial score (nSPS) is 23.5. The van der Waals surface area contributed by atoms with Crippen molar-refractivity contribution in [2.45, 2.75) is 32.0 Å². The topological polar surface area (TPSA) is 82.1 Å². The maximum Gasteiger partial charge on any atom is 0.303 e. The summed E-state index contributed by atoms with van der Waals surface area (Å²) < 4.78 is 15.7. The van der Waals surface area contributed by atoms with Crippen molar-refractivity contribution in [1.82, 2.24) is 0 Å². The summed E-state index contributed by atoms with van der Waals surface area (Å²) in [6, 6.07) is 6.79. The summed E-state index contributed by atoms with van der Waals surface area (Å²) >= 11 is 0. The lowest BCUT2D eigenvalue weighted by molar-refractivity contribution is -0.161. The molecule has 0 aromatic heterocycles. The lowest BCUT2D eigenvalue weighted by Crippen LogP contribution is -2.42. The minimum atomic E-state index is -0.699. The van der Waals surface area contributed by atoms with Gasteiger partial charge >= 0.3 is 11.9 Å². The summed E-state index contributed by atoms with van der Waals surface area (Å²) in [5.41, 5.74) is 0.612. The Morgan fingerprint density at radius 1 is 1.23 bits per heavy atom. The van der Waals surface area contributed by atoms with Crippen molar-refractivity contribution in [2.75, 3.05) is 6.61 Å². The Morgan fingerprint density at radius 3 is 2.59 bits per heavy atom. The summed E-state index contributed by atoms with van der Waals surface area (Å²) in [5.74, 6) is -1.21. The number of hydrogen-bond acceptors (Lipinski definition) is 6. The van der Waals surface area contributed by atoms with Gasteiger partial charge in [0.15, 0.2) is 12.2 Å². The van der Waals surface area contributed by atoms with E-state index in [2.05, 4.69) is 0 Å². The monoisotopic (exact) mass is 306 g/mol. The van der Waals surface area contributed by atoms with E-state index in [-0.39, 0.29) is 18.3 Å². The fourth-order valence-corrected chi connectivity index (χ4v) is 2.37. The molecule has 2 rings (SSSR count). The van der Waals surface area contributed by atoms with Gasteiger partial charge in [0.2, 0.25) is 0 Å². The lowest BCUT2D eigenvalue weighted by atomic mass is 9.88. The van der Waals surface area contributed by atoms with E-state index in [1.165, 1.54) is 20.1 Å². The zero-order chi connectivity index (χ0) is 16.1. The van der Waals surface area contributed by atoms with Gasteiger partial charge in [-0.1, -0.05) is 18.2 Å². The van der Waals surface area contributed by atoms with Gasteiger partial charge in [-0.3, -0.25) is 9.59 Å². The molecule has 6 heteroatoms. The Balaban J connectivity index is 2.28. The van der Waals surface area contributed by atoms with E-state index in [9.17, 15) is 14.7 Å². The summed E-state index contributed by atoms with van der Waals surface area (Å²) in [7, 11) is 0. The maximum absolute atomic E-state index is 11.4. The third-order valence-electron chi connectivity index (χ3n) is 3.31. The van der Waals surface area contributed by atoms with Gasteiger partial charge in [0.1, 0.15) is 12.4 Å². The number of phenols is 1. The third kappa shape index (κ3) is 3.78. The van der Waals surface area contributed by atoms with Crippen LogP contribution in [0, 0.1) is 0 Å². The van der Waals surface area contributed by atoms with Crippen molar-refractivity contribution in [3.8, 4) is 5.75 Å². The van der Waals surface area contributed by atoms with Gasteiger partial charge in [0.05, 0.1) is 6.26 Å². The molecule has 6 nitrogen and oxygen atoms in total. The first-order valence-electron chi connectivity index (χ1n) is 6.89. The van der Waals surface area contributed by atoms with Gasteiger partial charge in [0.25, 0.3) is 0 Å². The Labute approximate surface area is 128 Å². The van der Waals surface area contributed by atoms with Crippen LogP contribution >= 0.6 is 0 Å².